The van der Waals surface area contributed by atoms with Gasteiger partial charge in [0.05, 0.1) is 7.11 Å². The molecule has 0 saturated heterocycles. The summed E-state index contributed by atoms with van der Waals surface area (Å²) >= 11 is 0. The van der Waals surface area contributed by atoms with Crippen LogP contribution < -0.4 is 23.6 Å². The molecular formula is C15H23LiO. The van der Waals surface area contributed by atoms with Crippen LogP contribution in [0.1, 0.15) is 52.7 Å². The smallest absolute Gasteiger partial charge is 0.522 e. The van der Waals surface area contributed by atoms with E-state index in [1.165, 1.54) is 11.1 Å². The molecule has 0 N–H and O–H groups in total. The molecule has 0 aliphatic carbocycles. The van der Waals surface area contributed by atoms with Crippen molar-refractivity contribution in [2.24, 2.45) is 0 Å². The summed E-state index contributed by atoms with van der Waals surface area (Å²) in [5.74, 6) is 0.862. The van der Waals surface area contributed by atoms with Crippen molar-refractivity contribution >= 4 is 0 Å². The minimum Gasteiger partial charge on any atom is -0.522 e. The molecule has 2 heteroatoms. The zero-order valence-corrected chi connectivity index (χ0v) is 12.6. The topological polar surface area (TPSA) is 9.23 Å². The summed E-state index contributed by atoms with van der Waals surface area (Å²) in [6.07, 6.45) is 0. The second-order valence-electron chi connectivity index (χ2n) is 6.34. The van der Waals surface area contributed by atoms with Gasteiger partial charge in [-0.15, -0.1) is 11.6 Å². The Morgan fingerprint density at radius 3 is 1.88 bits per heavy atom. The van der Waals surface area contributed by atoms with Gasteiger partial charge in [-0.1, -0.05) is 52.4 Å². The van der Waals surface area contributed by atoms with Gasteiger partial charge in [0.15, 0.2) is 0 Å². The van der Waals surface area contributed by atoms with Gasteiger partial charge in [0.25, 0.3) is 0 Å². The van der Waals surface area contributed by atoms with Gasteiger partial charge in [-0.25, -0.2) is 0 Å². The third-order valence-electron chi connectivity index (χ3n) is 2.78. The van der Waals surface area contributed by atoms with E-state index in [9.17, 15) is 0 Å². The maximum Gasteiger partial charge on any atom is 1.00 e. The molecule has 0 unspecified atom stereocenters. The first-order valence-electron chi connectivity index (χ1n) is 5.77. The Kier molecular flexibility index (Phi) is 5.38. The Labute approximate surface area is 118 Å². The van der Waals surface area contributed by atoms with Crippen molar-refractivity contribution in [3.8, 4) is 5.75 Å². The van der Waals surface area contributed by atoms with Crippen molar-refractivity contribution < 1.29 is 23.6 Å². The number of methoxy groups -OCH3 is 1. The molecule has 0 aliphatic rings. The molecule has 0 aliphatic heterocycles. The second kappa shape index (κ2) is 5.51. The van der Waals surface area contributed by atoms with Gasteiger partial charge in [-0.05, 0) is 0 Å². The molecule has 0 atom stereocenters. The average molecular weight is 226 g/mol. The van der Waals surface area contributed by atoms with Crippen molar-refractivity contribution in [1.29, 1.82) is 0 Å². The summed E-state index contributed by atoms with van der Waals surface area (Å²) in [4.78, 5) is 0. The summed E-state index contributed by atoms with van der Waals surface area (Å²) in [5, 5.41) is 0. The molecule has 90 valence electrons. The van der Waals surface area contributed by atoms with Crippen molar-refractivity contribution in [3.05, 3.63) is 29.3 Å². The molecule has 0 aromatic heterocycles. The number of benzene rings is 1. The Morgan fingerprint density at radius 1 is 1.00 bits per heavy atom. The summed E-state index contributed by atoms with van der Waals surface area (Å²) in [5.41, 5.74) is 2.77. The van der Waals surface area contributed by atoms with Gasteiger partial charge in [-0.2, -0.15) is 17.7 Å². The largest absolute Gasteiger partial charge is 1.00 e. The van der Waals surface area contributed by atoms with Gasteiger partial charge in [0.1, 0.15) is 0 Å². The molecule has 17 heavy (non-hydrogen) atoms. The fourth-order valence-electron chi connectivity index (χ4n) is 1.64. The Balaban J connectivity index is 0.00000256. The van der Waals surface area contributed by atoms with E-state index in [-0.39, 0.29) is 29.7 Å². The van der Waals surface area contributed by atoms with Crippen LogP contribution in [0, 0.1) is 6.07 Å². The van der Waals surface area contributed by atoms with Gasteiger partial charge < -0.3 is 4.74 Å². The van der Waals surface area contributed by atoms with E-state index in [1.54, 1.807) is 7.11 Å². The van der Waals surface area contributed by atoms with E-state index >= 15 is 0 Å². The van der Waals surface area contributed by atoms with E-state index in [4.69, 9.17) is 4.74 Å². The molecule has 0 fully saturated rings. The summed E-state index contributed by atoms with van der Waals surface area (Å²) < 4.78 is 5.38. The van der Waals surface area contributed by atoms with Crippen LogP contribution in [-0.2, 0) is 10.8 Å². The molecule has 0 radical (unpaired) electrons. The minimum atomic E-state index is 0. The summed E-state index contributed by atoms with van der Waals surface area (Å²) in [6, 6.07) is 7.53. The summed E-state index contributed by atoms with van der Waals surface area (Å²) in [7, 11) is 1.71. The summed E-state index contributed by atoms with van der Waals surface area (Å²) in [6.45, 7) is 13.3. The van der Waals surface area contributed by atoms with Crippen LogP contribution >= 0.6 is 0 Å². The number of rotatable bonds is 1. The molecular weight excluding hydrogens is 203 g/mol. The number of ether oxygens (including phenoxy) is 1. The van der Waals surface area contributed by atoms with Crippen molar-refractivity contribution in [2.45, 2.75) is 52.4 Å². The normalized spacial score (nSPS) is 11.9. The van der Waals surface area contributed by atoms with Crippen molar-refractivity contribution in [3.63, 3.8) is 0 Å². The van der Waals surface area contributed by atoms with Gasteiger partial charge in [0, 0.05) is 5.75 Å². The fourth-order valence-corrected chi connectivity index (χ4v) is 1.64. The molecule has 1 aromatic carbocycles. The van der Waals surface area contributed by atoms with Crippen LogP contribution in [0.4, 0.5) is 0 Å². The Bertz CT molecular complexity index is 369. The van der Waals surface area contributed by atoms with Crippen molar-refractivity contribution in [2.75, 3.05) is 7.11 Å². The maximum atomic E-state index is 5.38. The predicted octanol–water partition coefficient (Wildman–Crippen LogP) is 1.09. The van der Waals surface area contributed by atoms with Gasteiger partial charge >= 0.3 is 18.9 Å². The quantitative estimate of drug-likeness (QED) is 0.514. The van der Waals surface area contributed by atoms with E-state index in [1.807, 2.05) is 6.07 Å². The molecule has 1 rings (SSSR count). The maximum absolute atomic E-state index is 5.38. The molecule has 0 bridgehead atoms. The minimum absolute atomic E-state index is 0. The molecule has 0 saturated carbocycles. The fraction of sp³-hybridized carbons (Fsp3) is 0.600. The van der Waals surface area contributed by atoms with E-state index in [0.29, 0.717) is 0 Å². The zero-order valence-electron chi connectivity index (χ0n) is 12.6. The van der Waals surface area contributed by atoms with E-state index < -0.39 is 0 Å². The molecule has 0 spiro atoms. The van der Waals surface area contributed by atoms with Crippen LogP contribution in [0.5, 0.6) is 5.75 Å². The Hall–Kier alpha value is -0.383. The van der Waals surface area contributed by atoms with E-state index in [0.717, 1.165) is 5.75 Å². The van der Waals surface area contributed by atoms with Crippen LogP contribution in [0.25, 0.3) is 0 Å². The molecule has 1 aromatic rings. The first-order chi connectivity index (χ1) is 7.16. The standard InChI is InChI=1S/C15H23O.Li/c1-14(2,3)11-8-9-13(16-7)12(10-11)15(4,5)6;/h8,10H,1-7H3;/q-1;+1. The van der Waals surface area contributed by atoms with Gasteiger partial charge in [0.2, 0.25) is 0 Å². The van der Waals surface area contributed by atoms with Crippen LogP contribution in [0.2, 0.25) is 0 Å². The van der Waals surface area contributed by atoms with Crippen LogP contribution in [0.15, 0.2) is 12.1 Å². The van der Waals surface area contributed by atoms with Gasteiger partial charge in [-0.3, -0.25) is 0 Å². The predicted molar refractivity (Wildman–Crippen MR) is 69.2 cm³/mol. The molecule has 0 heterocycles. The van der Waals surface area contributed by atoms with Crippen molar-refractivity contribution in [1.82, 2.24) is 0 Å². The average Bonchev–Trinajstić information content (AvgIpc) is 2.14. The first kappa shape index (κ1) is 16.6. The third kappa shape index (κ3) is 4.09. The second-order valence-corrected chi connectivity index (χ2v) is 6.34. The first-order valence-corrected chi connectivity index (χ1v) is 5.77. The third-order valence-corrected chi connectivity index (χ3v) is 2.78. The molecule has 1 nitrogen and oxygen atoms in total. The Morgan fingerprint density at radius 2 is 1.53 bits per heavy atom. The van der Waals surface area contributed by atoms with Crippen LogP contribution in [-0.4, -0.2) is 7.11 Å². The van der Waals surface area contributed by atoms with E-state index in [2.05, 4.69) is 53.7 Å². The number of hydrogen-bond acceptors (Lipinski definition) is 1. The monoisotopic (exact) mass is 226 g/mol. The number of hydrogen-bond donors (Lipinski definition) is 0. The molecule has 0 amide bonds. The van der Waals surface area contributed by atoms with Crippen LogP contribution in [0.3, 0.4) is 0 Å². The zero-order chi connectivity index (χ0) is 12.6. The SMILES string of the molecule is COc1[c-]cc(C(C)(C)C)cc1C(C)(C)C.[Li+].